The lowest BCUT2D eigenvalue weighted by molar-refractivity contribution is -0.187. The van der Waals surface area contributed by atoms with Crippen LogP contribution in [0.5, 0.6) is 0 Å². The molecule has 1 aliphatic heterocycles. The minimum absolute atomic E-state index is 0.355. The van der Waals surface area contributed by atoms with Gasteiger partial charge in [-0.15, -0.1) is 0 Å². The highest BCUT2D eigenvalue weighted by molar-refractivity contribution is 5.92. The monoisotopic (exact) mass is 382 g/mol. The zero-order chi connectivity index (χ0) is 19.8. The van der Waals surface area contributed by atoms with E-state index in [0.717, 1.165) is 10.6 Å². The SMILES string of the molecule is Cc1ccn(-c2ccccc2NC(=O)N2C[C@@H](C(F)(F)F)[C@H](C(=O)O)C2)n1. The molecule has 144 valence electrons. The molecular formula is C17H17F3N4O3. The van der Waals surface area contributed by atoms with Crippen LogP contribution in [-0.2, 0) is 4.79 Å². The van der Waals surface area contributed by atoms with Gasteiger partial charge in [0.05, 0.1) is 28.9 Å². The van der Waals surface area contributed by atoms with Crippen LogP contribution in [0.2, 0.25) is 0 Å². The van der Waals surface area contributed by atoms with Crippen molar-refractivity contribution < 1.29 is 27.9 Å². The second-order valence-electron chi connectivity index (χ2n) is 6.35. The number of carbonyl (C=O) groups is 2. The second kappa shape index (κ2) is 6.93. The highest BCUT2D eigenvalue weighted by Gasteiger charge is 2.53. The maximum Gasteiger partial charge on any atom is 0.394 e. The number of nitrogens with one attached hydrogen (secondary N) is 1. The molecule has 0 spiro atoms. The van der Waals surface area contributed by atoms with Crippen molar-refractivity contribution in [2.75, 3.05) is 18.4 Å². The van der Waals surface area contributed by atoms with Crippen LogP contribution in [0.15, 0.2) is 36.5 Å². The number of carboxylic acid groups (broad SMARTS) is 1. The second-order valence-corrected chi connectivity index (χ2v) is 6.35. The zero-order valence-electron chi connectivity index (χ0n) is 14.3. The molecule has 2 atom stereocenters. The largest absolute Gasteiger partial charge is 0.481 e. The molecule has 2 aromatic rings. The van der Waals surface area contributed by atoms with E-state index in [2.05, 4.69) is 10.4 Å². The third kappa shape index (κ3) is 3.88. The number of anilines is 1. The van der Waals surface area contributed by atoms with E-state index in [-0.39, 0.29) is 0 Å². The van der Waals surface area contributed by atoms with Gasteiger partial charge in [0.25, 0.3) is 0 Å². The Morgan fingerprint density at radius 2 is 1.93 bits per heavy atom. The molecule has 1 saturated heterocycles. The van der Waals surface area contributed by atoms with Crippen molar-refractivity contribution in [3.63, 3.8) is 0 Å². The van der Waals surface area contributed by atoms with Crippen LogP contribution >= 0.6 is 0 Å². The molecule has 1 aromatic heterocycles. The maximum atomic E-state index is 13.1. The molecule has 2 heterocycles. The summed E-state index contributed by atoms with van der Waals surface area (Å²) in [6.07, 6.45) is -3.00. The molecule has 1 aromatic carbocycles. The average Bonchev–Trinajstić information content (AvgIpc) is 3.21. The molecule has 10 heteroatoms. The van der Waals surface area contributed by atoms with Crippen molar-refractivity contribution in [3.8, 4) is 5.69 Å². The summed E-state index contributed by atoms with van der Waals surface area (Å²) in [6, 6.07) is 7.67. The number of amides is 2. The van der Waals surface area contributed by atoms with E-state index in [1.54, 1.807) is 43.5 Å². The van der Waals surface area contributed by atoms with Crippen LogP contribution < -0.4 is 5.32 Å². The molecule has 0 radical (unpaired) electrons. The van der Waals surface area contributed by atoms with Crippen LogP contribution in [0.4, 0.5) is 23.7 Å². The van der Waals surface area contributed by atoms with Gasteiger partial charge < -0.3 is 15.3 Å². The molecule has 27 heavy (non-hydrogen) atoms. The number of alkyl halides is 3. The minimum Gasteiger partial charge on any atom is -0.481 e. The topological polar surface area (TPSA) is 87.5 Å². The van der Waals surface area contributed by atoms with E-state index in [9.17, 15) is 22.8 Å². The Morgan fingerprint density at radius 3 is 2.48 bits per heavy atom. The highest BCUT2D eigenvalue weighted by Crippen LogP contribution is 2.38. The van der Waals surface area contributed by atoms with Gasteiger partial charge in [-0.25, -0.2) is 9.48 Å². The number of halogens is 3. The van der Waals surface area contributed by atoms with Gasteiger partial charge in [-0.1, -0.05) is 12.1 Å². The summed E-state index contributed by atoms with van der Waals surface area (Å²) in [4.78, 5) is 24.5. The molecule has 7 nitrogen and oxygen atoms in total. The Bertz CT molecular complexity index is 865. The van der Waals surface area contributed by atoms with Crippen LogP contribution in [0.3, 0.4) is 0 Å². The number of aryl methyl sites for hydroxylation is 1. The number of para-hydroxylation sites is 2. The lowest BCUT2D eigenvalue weighted by Gasteiger charge is -2.19. The predicted molar refractivity (Wildman–Crippen MR) is 89.6 cm³/mol. The molecule has 0 saturated carbocycles. The highest BCUT2D eigenvalue weighted by atomic mass is 19.4. The Morgan fingerprint density at radius 1 is 1.22 bits per heavy atom. The van der Waals surface area contributed by atoms with Gasteiger partial charge in [0.15, 0.2) is 0 Å². The summed E-state index contributed by atoms with van der Waals surface area (Å²) < 4.78 is 40.8. The molecule has 2 amide bonds. The van der Waals surface area contributed by atoms with E-state index in [1.807, 2.05) is 0 Å². The molecule has 0 aliphatic carbocycles. The molecule has 0 bridgehead atoms. The number of hydrogen-bond donors (Lipinski definition) is 2. The van der Waals surface area contributed by atoms with Crippen molar-refractivity contribution >= 4 is 17.7 Å². The van der Waals surface area contributed by atoms with E-state index < -0.39 is 43.1 Å². The molecule has 1 aliphatic rings. The normalized spacial score (nSPS) is 19.9. The van der Waals surface area contributed by atoms with Crippen molar-refractivity contribution in [2.24, 2.45) is 11.8 Å². The number of benzene rings is 1. The molecule has 3 rings (SSSR count). The Hall–Kier alpha value is -3.04. The molecular weight excluding hydrogens is 365 g/mol. The summed E-state index contributed by atoms with van der Waals surface area (Å²) >= 11 is 0. The number of likely N-dealkylation sites (tertiary alicyclic amines) is 1. The predicted octanol–water partition coefficient (Wildman–Crippen LogP) is 2.91. The fourth-order valence-electron chi connectivity index (χ4n) is 3.07. The van der Waals surface area contributed by atoms with Gasteiger partial charge in [0.2, 0.25) is 0 Å². The number of carbonyl (C=O) groups excluding carboxylic acids is 1. The summed E-state index contributed by atoms with van der Waals surface area (Å²) in [5, 5.41) is 15.9. The van der Waals surface area contributed by atoms with E-state index in [1.165, 1.54) is 4.68 Å². The number of urea groups is 1. The Labute approximate surface area is 152 Å². The lowest BCUT2D eigenvalue weighted by atomic mass is 9.96. The van der Waals surface area contributed by atoms with Gasteiger partial charge in [0.1, 0.15) is 0 Å². The molecule has 0 unspecified atom stereocenters. The zero-order valence-corrected chi connectivity index (χ0v) is 14.3. The van der Waals surface area contributed by atoms with Crippen LogP contribution in [0.1, 0.15) is 5.69 Å². The van der Waals surface area contributed by atoms with Crippen molar-refractivity contribution in [3.05, 3.63) is 42.2 Å². The first-order chi connectivity index (χ1) is 12.7. The average molecular weight is 382 g/mol. The van der Waals surface area contributed by atoms with E-state index in [4.69, 9.17) is 5.11 Å². The smallest absolute Gasteiger partial charge is 0.394 e. The quantitative estimate of drug-likeness (QED) is 0.855. The summed E-state index contributed by atoms with van der Waals surface area (Å²) in [6.45, 7) is 0.592. The number of aromatic nitrogens is 2. The van der Waals surface area contributed by atoms with Gasteiger partial charge in [-0.05, 0) is 25.1 Å². The summed E-state index contributed by atoms with van der Waals surface area (Å²) in [5.41, 5.74) is 1.65. The minimum atomic E-state index is -4.69. The number of hydrogen-bond acceptors (Lipinski definition) is 3. The summed E-state index contributed by atoms with van der Waals surface area (Å²) in [7, 11) is 0. The van der Waals surface area contributed by atoms with Crippen molar-refractivity contribution in [1.29, 1.82) is 0 Å². The Balaban J connectivity index is 1.80. The number of rotatable bonds is 3. The first-order valence-corrected chi connectivity index (χ1v) is 8.14. The van der Waals surface area contributed by atoms with Crippen LogP contribution in [0.25, 0.3) is 5.69 Å². The van der Waals surface area contributed by atoms with Crippen LogP contribution in [0, 0.1) is 18.8 Å². The Kier molecular flexibility index (Phi) is 4.81. The van der Waals surface area contributed by atoms with Crippen LogP contribution in [-0.4, -0.2) is 51.1 Å². The van der Waals surface area contributed by atoms with Gasteiger partial charge in [-0.2, -0.15) is 18.3 Å². The fraction of sp³-hybridized carbons (Fsp3) is 0.353. The first kappa shape index (κ1) is 18.7. The van der Waals surface area contributed by atoms with Crippen molar-refractivity contribution in [2.45, 2.75) is 13.1 Å². The van der Waals surface area contributed by atoms with Gasteiger partial charge in [0, 0.05) is 19.3 Å². The standard InChI is InChI=1S/C17H17F3N4O3/c1-10-6-7-24(22-10)14-5-3-2-4-13(14)21-16(27)23-8-11(15(25)26)12(9-23)17(18,19)20/h2-7,11-12H,8-9H2,1H3,(H,21,27)(H,25,26)/t11-,12-/m1/s1. The first-order valence-electron chi connectivity index (χ1n) is 8.14. The third-order valence-electron chi connectivity index (χ3n) is 4.46. The number of nitrogens with zero attached hydrogens (tertiary/aromatic N) is 3. The van der Waals surface area contributed by atoms with E-state index >= 15 is 0 Å². The number of aliphatic carboxylic acids is 1. The van der Waals surface area contributed by atoms with E-state index in [0.29, 0.717) is 11.4 Å². The van der Waals surface area contributed by atoms with Gasteiger partial charge >= 0.3 is 18.2 Å². The number of carboxylic acids is 1. The van der Waals surface area contributed by atoms with Crippen molar-refractivity contribution in [1.82, 2.24) is 14.7 Å². The molecule has 1 fully saturated rings. The van der Waals surface area contributed by atoms with Gasteiger partial charge in [-0.3, -0.25) is 4.79 Å². The lowest BCUT2D eigenvalue weighted by Crippen LogP contribution is -2.35. The maximum absolute atomic E-state index is 13.1. The molecule has 2 N–H and O–H groups in total. The third-order valence-corrected chi connectivity index (χ3v) is 4.46. The summed E-state index contributed by atoms with van der Waals surface area (Å²) in [5.74, 6) is -5.34. The fourth-order valence-corrected chi connectivity index (χ4v) is 3.07.